The van der Waals surface area contributed by atoms with Crippen LogP contribution in [0.3, 0.4) is 0 Å². The van der Waals surface area contributed by atoms with E-state index in [0.29, 0.717) is 18.5 Å². The van der Waals surface area contributed by atoms with Gasteiger partial charge >= 0.3 is 0 Å². The Morgan fingerprint density at radius 2 is 1.63 bits per heavy atom. The number of amides is 1. The standard InChI is InChI=1S/C21H28N2O3S/c1-17-9-11-18(12-10-17)21(2,3)14-13-20(24)22-15-16-27(25,26)23-19-7-5-4-6-8-19/h4-12,23H,13-16H2,1-3H3,(H,22,24). The van der Waals surface area contributed by atoms with Crippen molar-refractivity contribution in [2.45, 2.75) is 39.0 Å². The third-order valence-corrected chi connectivity index (χ3v) is 5.84. The third-order valence-electron chi connectivity index (χ3n) is 4.55. The van der Waals surface area contributed by atoms with E-state index in [1.54, 1.807) is 24.3 Å². The minimum atomic E-state index is -3.49. The average molecular weight is 389 g/mol. The maximum Gasteiger partial charge on any atom is 0.234 e. The summed E-state index contributed by atoms with van der Waals surface area (Å²) in [6.07, 6.45) is 1.05. The van der Waals surface area contributed by atoms with E-state index in [1.807, 2.05) is 13.0 Å². The van der Waals surface area contributed by atoms with Gasteiger partial charge in [-0.25, -0.2) is 8.42 Å². The lowest BCUT2D eigenvalue weighted by molar-refractivity contribution is -0.121. The molecule has 0 saturated heterocycles. The van der Waals surface area contributed by atoms with Crippen LogP contribution >= 0.6 is 0 Å². The predicted molar refractivity (Wildman–Crippen MR) is 110 cm³/mol. The molecule has 5 nitrogen and oxygen atoms in total. The maximum absolute atomic E-state index is 12.1. The summed E-state index contributed by atoms with van der Waals surface area (Å²) in [4.78, 5) is 12.1. The maximum atomic E-state index is 12.1. The lowest BCUT2D eigenvalue weighted by Crippen LogP contribution is -2.32. The summed E-state index contributed by atoms with van der Waals surface area (Å²) in [6, 6.07) is 17.0. The van der Waals surface area contributed by atoms with E-state index in [2.05, 4.69) is 48.2 Å². The molecule has 0 aliphatic carbocycles. The number of carbonyl (C=O) groups excluding carboxylic acids is 1. The van der Waals surface area contributed by atoms with Crippen molar-refractivity contribution in [3.8, 4) is 0 Å². The monoisotopic (exact) mass is 388 g/mol. The summed E-state index contributed by atoms with van der Waals surface area (Å²) in [7, 11) is -3.49. The van der Waals surface area contributed by atoms with Gasteiger partial charge in [-0.3, -0.25) is 9.52 Å². The second kappa shape index (κ2) is 9.04. The fraction of sp³-hybridized carbons (Fsp3) is 0.381. The van der Waals surface area contributed by atoms with Crippen molar-refractivity contribution in [1.82, 2.24) is 5.32 Å². The van der Waals surface area contributed by atoms with Crippen LogP contribution in [0.5, 0.6) is 0 Å². The van der Waals surface area contributed by atoms with Crippen molar-refractivity contribution in [3.05, 3.63) is 65.7 Å². The Bertz CT molecular complexity index is 845. The topological polar surface area (TPSA) is 75.3 Å². The highest BCUT2D eigenvalue weighted by Gasteiger charge is 2.21. The van der Waals surface area contributed by atoms with E-state index < -0.39 is 10.0 Å². The van der Waals surface area contributed by atoms with Gasteiger partial charge in [0.15, 0.2) is 0 Å². The molecule has 6 heteroatoms. The van der Waals surface area contributed by atoms with Crippen LogP contribution in [0.15, 0.2) is 54.6 Å². The summed E-state index contributed by atoms with van der Waals surface area (Å²) in [5.74, 6) is -0.292. The van der Waals surface area contributed by atoms with Crippen LogP contribution in [0, 0.1) is 6.92 Å². The highest BCUT2D eigenvalue weighted by Crippen LogP contribution is 2.28. The number of sulfonamides is 1. The van der Waals surface area contributed by atoms with Crippen molar-refractivity contribution in [2.24, 2.45) is 0 Å². The van der Waals surface area contributed by atoms with Crippen molar-refractivity contribution in [2.75, 3.05) is 17.0 Å². The average Bonchev–Trinajstić information content (AvgIpc) is 2.61. The zero-order valence-corrected chi connectivity index (χ0v) is 17.0. The zero-order chi connectivity index (χ0) is 19.9. The minimum Gasteiger partial charge on any atom is -0.355 e. The number of hydrogen-bond donors (Lipinski definition) is 2. The van der Waals surface area contributed by atoms with E-state index in [0.717, 1.165) is 0 Å². The Morgan fingerprint density at radius 1 is 1.00 bits per heavy atom. The summed E-state index contributed by atoms with van der Waals surface area (Å²) in [6.45, 7) is 6.36. The Labute approximate surface area is 162 Å². The van der Waals surface area contributed by atoms with Gasteiger partial charge in [0.25, 0.3) is 0 Å². The molecular weight excluding hydrogens is 360 g/mol. The van der Waals surface area contributed by atoms with Crippen LogP contribution in [-0.2, 0) is 20.2 Å². The quantitative estimate of drug-likeness (QED) is 0.689. The number of aryl methyl sites for hydroxylation is 1. The van der Waals surface area contributed by atoms with Crippen molar-refractivity contribution in [3.63, 3.8) is 0 Å². The Kier molecular flexibility index (Phi) is 7.02. The summed E-state index contributed by atoms with van der Waals surface area (Å²) in [5.41, 5.74) is 2.79. The first-order valence-corrected chi connectivity index (χ1v) is 10.7. The van der Waals surface area contributed by atoms with Crippen LogP contribution in [0.4, 0.5) is 5.69 Å². The molecule has 0 aromatic heterocycles. The first kappa shape index (κ1) is 21.0. The molecule has 0 aliphatic rings. The molecule has 0 spiro atoms. The molecule has 0 unspecified atom stereocenters. The number of anilines is 1. The molecule has 2 rings (SSSR count). The number of benzene rings is 2. The molecule has 1 amide bonds. The van der Waals surface area contributed by atoms with E-state index in [9.17, 15) is 13.2 Å². The molecule has 0 saturated carbocycles. The SMILES string of the molecule is Cc1ccc(C(C)(C)CCC(=O)NCCS(=O)(=O)Nc2ccccc2)cc1. The Hall–Kier alpha value is -2.34. The van der Waals surface area contributed by atoms with Crippen LogP contribution in [0.25, 0.3) is 0 Å². The zero-order valence-electron chi connectivity index (χ0n) is 16.2. The Morgan fingerprint density at radius 3 is 2.26 bits per heavy atom. The Balaban J connectivity index is 1.76. The van der Waals surface area contributed by atoms with Crippen molar-refractivity contribution >= 4 is 21.6 Å². The summed E-state index contributed by atoms with van der Waals surface area (Å²) < 4.78 is 26.6. The van der Waals surface area contributed by atoms with Crippen LogP contribution in [-0.4, -0.2) is 26.6 Å². The fourth-order valence-corrected chi connectivity index (χ4v) is 3.69. The number of hydrogen-bond acceptors (Lipinski definition) is 3. The summed E-state index contributed by atoms with van der Waals surface area (Å²) in [5, 5.41) is 2.70. The van der Waals surface area contributed by atoms with Gasteiger partial charge in [0.1, 0.15) is 0 Å². The largest absolute Gasteiger partial charge is 0.355 e. The van der Waals surface area contributed by atoms with E-state index in [4.69, 9.17) is 0 Å². The van der Waals surface area contributed by atoms with E-state index >= 15 is 0 Å². The lowest BCUT2D eigenvalue weighted by Gasteiger charge is -2.25. The molecule has 2 N–H and O–H groups in total. The smallest absolute Gasteiger partial charge is 0.234 e. The van der Waals surface area contributed by atoms with Gasteiger partial charge < -0.3 is 5.32 Å². The molecule has 2 aromatic rings. The van der Waals surface area contributed by atoms with Gasteiger partial charge in [-0.2, -0.15) is 0 Å². The third kappa shape index (κ3) is 7.06. The number of para-hydroxylation sites is 1. The molecule has 0 fully saturated rings. The minimum absolute atomic E-state index is 0.0892. The van der Waals surface area contributed by atoms with Crippen LogP contribution < -0.4 is 10.0 Å². The molecule has 0 bridgehead atoms. The second-order valence-electron chi connectivity index (χ2n) is 7.39. The first-order valence-electron chi connectivity index (χ1n) is 9.07. The van der Waals surface area contributed by atoms with Gasteiger partial charge in [-0.1, -0.05) is 61.9 Å². The van der Waals surface area contributed by atoms with Gasteiger partial charge in [0.2, 0.25) is 15.9 Å². The fourth-order valence-electron chi connectivity index (χ4n) is 2.73. The van der Waals surface area contributed by atoms with Crippen LogP contribution in [0.2, 0.25) is 0 Å². The number of nitrogens with one attached hydrogen (secondary N) is 2. The number of rotatable bonds is 9. The van der Waals surface area contributed by atoms with E-state index in [1.165, 1.54) is 11.1 Å². The molecule has 2 aromatic carbocycles. The highest BCUT2D eigenvalue weighted by molar-refractivity contribution is 7.92. The molecule has 0 heterocycles. The number of carbonyl (C=O) groups is 1. The first-order chi connectivity index (χ1) is 12.7. The van der Waals surface area contributed by atoms with Gasteiger partial charge in [0.05, 0.1) is 5.75 Å². The van der Waals surface area contributed by atoms with Crippen molar-refractivity contribution < 1.29 is 13.2 Å². The van der Waals surface area contributed by atoms with Crippen molar-refractivity contribution in [1.29, 1.82) is 0 Å². The lowest BCUT2D eigenvalue weighted by atomic mass is 9.80. The molecular formula is C21H28N2O3S. The second-order valence-corrected chi connectivity index (χ2v) is 9.23. The molecule has 27 heavy (non-hydrogen) atoms. The molecule has 146 valence electrons. The summed E-state index contributed by atoms with van der Waals surface area (Å²) >= 11 is 0. The molecule has 0 atom stereocenters. The highest BCUT2D eigenvalue weighted by atomic mass is 32.2. The molecule has 0 aliphatic heterocycles. The van der Waals surface area contributed by atoms with Gasteiger partial charge in [-0.05, 0) is 36.5 Å². The van der Waals surface area contributed by atoms with Gasteiger partial charge in [-0.15, -0.1) is 0 Å². The normalized spacial score (nSPS) is 11.8. The van der Waals surface area contributed by atoms with Gasteiger partial charge in [0, 0.05) is 18.7 Å². The van der Waals surface area contributed by atoms with Crippen LogP contribution in [0.1, 0.15) is 37.8 Å². The molecule has 0 radical (unpaired) electrons. The predicted octanol–water partition coefficient (Wildman–Crippen LogP) is 3.61. The van der Waals surface area contributed by atoms with E-state index in [-0.39, 0.29) is 23.6 Å².